The van der Waals surface area contributed by atoms with Crippen LogP contribution in [0, 0.1) is 5.82 Å². The van der Waals surface area contributed by atoms with E-state index in [-0.39, 0.29) is 41.5 Å². The van der Waals surface area contributed by atoms with Gasteiger partial charge in [-0.25, -0.2) is 9.18 Å². The van der Waals surface area contributed by atoms with Crippen LogP contribution in [0.4, 0.5) is 22.4 Å². The number of ether oxygens (including phenoxy) is 1. The Morgan fingerprint density at radius 3 is 2.03 bits per heavy atom. The number of alkyl halides is 3. The molecule has 200 valence electrons. The number of nitrogens with two attached hydrogens (primary N) is 1. The second kappa shape index (κ2) is 9.96. The van der Waals surface area contributed by atoms with Crippen LogP contribution in [0.3, 0.4) is 0 Å². The maximum absolute atomic E-state index is 13.5. The Bertz CT molecular complexity index is 1120. The molecule has 0 radical (unpaired) electrons. The minimum absolute atomic E-state index is 0.0403. The first-order valence-corrected chi connectivity index (χ1v) is 12.2. The number of amides is 2. The van der Waals surface area contributed by atoms with Crippen molar-refractivity contribution in [3.63, 3.8) is 0 Å². The lowest BCUT2D eigenvalue weighted by molar-refractivity contribution is -0.258. The molecule has 2 aromatic rings. The zero-order chi connectivity index (χ0) is 27.0. The summed E-state index contributed by atoms with van der Waals surface area (Å²) in [7, 11) is 0. The van der Waals surface area contributed by atoms with Crippen molar-refractivity contribution < 1.29 is 37.0 Å². The molecule has 2 fully saturated rings. The molecule has 0 saturated heterocycles. The second-order valence-corrected chi connectivity index (χ2v) is 10.2. The summed E-state index contributed by atoms with van der Waals surface area (Å²) in [5.74, 6) is -0.648. The second-order valence-electron chi connectivity index (χ2n) is 10.2. The Kier molecular flexibility index (Phi) is 7.25. The molecule has 0 heterocycles. The number of aliphatic hydroxyl groups is 1. The monoisotopic (exact) mass is 522 g/mol. The van der Waals surface area contributed by atoms with Gasteiger partial charge in [-0.2, -0.15) is 13.2 Å². The molecule has 37 heavy (non-hydrogen) atoms. The summed E-state index contributed by atoms with van der Waals surface area (Å²) in [6.07, 6.45) is -1.72. The highest BCUT2D eigenvalue weighted by Crippen LogP contribution is 2.44. The number of carbonyl (C=O) groups is 2. The zero-order valence-corrected chi connectivity index (χ0v) is 20.4. The summed E-state index contributed by atoms with van der Waals surface area (Å²) in [6.45, 7) is 0.719. The van der Waals surface area contributed by atoms with Crippen molar-refractivity contribution in [3.05, 3.63) is 71.0 Å². The van der Waals surface area contributed by atoms with Crippen molar-refractivity contribution in [1.29, 1.82) is 0 Å². The van der Waals surface area contributed by atoms with Crippen molar-refractivity contribution in [3.8, 4) is 0 Å². The molecule has 2 amide bonds. The van der Waals surface area contributed by atoms with Gasteiger partial charge < -0.3 is 20.5 Å². The summed E-state index contributed by atoms with van der Waals surface area (Å²) >= 11 is 0. The molecule has 0 unspecified atom stereocenters. The number of primary amides is 1. The highest BCUT2D eigenvalue weighted by molar-refractivity contribution is 5.95. The largest absolute Gasteiger partial charge is 0.449 e. The number of benzene rings is 2. The van der Waals surface area contributed by atoms with Crippen molar-refractivity contribution in [2.45, 2.75) is 74.7 Å². The van der Waals surface area contributed by atoms with Crippen LogP contribution in [0.2, 0.25) is 0 Å². The molecule has 3 N–H and O–H groups in total. The number of carbonyl (C=O) groups excluding carboxylic acids is 2. The third kappa shape index (κ3) is 5.58. The molecule has 0 aromatic heterocycles. The van der Waals surface area contributed by atoms with Crippen LogP contribution in [0.5, 0.6) is 0 Å². The maximum Gasteiger partial charge on any atom is 0.421 e. The first-order chi connectivity index (χ1) is 17.3. The van der Waals surface area contributed by atoms with Gasteiger partial charge in [0.15, 0.2) is 5.60 Å². The summed E-state index contributed by atoms with van der Waals surface area (Å²) < 4.78 is 58.3. The van der Waals surface area contributed by atoms with Crippen molar-refractivity contribution in [1.82, 2.24) is 4.90 Å². The number of rotatable bonds is 7. The third-order valence-corrected chi connectivity index (χ3v) is 7.67. The first kappa shape index (κ1) is 26.9. The fourth-order valence-corrected chi connectivity index (χ4v) is 5.19. The van der Waals surface area contributed by atoms with Crippen LogP contribution in [0.15, 0.2) is 48.5 Å². The van der Waals surface area contributed by atoms with Crippen molar-refractivity contribution >= 4 is 12.0 Å². The molecule has 0 bridgehead atoms. The van der Waals surface area contributed by atoms with E-state index in [1.165, 1.54) is 24.3 Å². The molecule has 6 nitrogen and oxygen atoms in total. The Labute approximate surface area is 212 Å². The number of halogens is 4. The molecule has 2 aliphatic carbocycles. The number of hydrogen-bond donors (Lipinski definition) is 2. The zero-order valence-electron chi connectivity index (χ0n) is 20.4. The SMILES string of the molecule is C[C@](O)(c1ccc(C(=O)N(C2CC2)C2CCC(COC(N)=O)(c3ccc(F)cc3)CC2)cc1)C(F)(F)F. The Morgan fingerprint density at radius 1 is 1.00 bits per heavy atom. The summed E-state index contributed by atoms with van der Waals surface area (Å²) in [5.41, 5.74) is 2.35. The standard InChI is InChI=1S/C27H30F4N2O4/c1-25(36,27(29,30)31)18-4-2-17(3-5-18)23(34)33(21-10-11-21)22-12-14-26(15-13-22,16-37-24(32)35)19-6-8-20(28)9-7-19/h2-9,21-22,36H,10-16H2,1H3,(H2,32,35)/t22?,25-,26?/m0/s1. The average Bonchev–Trinajstić information content (AvgIpc) is 3.69. The number of nitrogens with zero attached hydrogens (tertiary/aromatic N) is 1. The highest BCUT2D eigenvalue weighted by atomic mass is 19.4. The fraction of sp³-hybridized carbons (Fsp3) is 0.481. The average molecular weight is 523 g/mol. The molecular formula is C27H30F4N2O4. The van der Waals surface area contributed by atoms with Gasteiger partial charge in [0.25, 0.3) is 5.91 Å². The normalized spacial score (nSPS) is 23.7. The molecular weight excluding hydrogens is 492 g/mol. The van der Waals surface area contributed by atoms with Gasteiger partial charge in [-0.3, -0.25) is 4.79 Å². The lowest BCUT2D eigenvalue weighted by Crippen LogP contribution is -2.48. The van der Waals surface area contributed by atoms with Crippen molar-refractivity contribution in [2.75, 3.05) is 6.61 Å². The Morgan fingerprint density at radius 2 is 1.54 bits per heavy atom. The molecule has 2 aromatic carbocycles. The van der Waals surface area contributed by atoms with E-state index >= 15 is 0 Å². The van der Waals surface area contributed by atoms with E-state index in [4.69, 9.17) is 10.5 Å². The lowest BCUT2D eigenvalue weighted by Gasteiger charge is -2.43. The molecule has 0 spiro atoms. The molecule has 10 heteroatoms. The van der Waals surface area contributed by atoms with Crippen molar-refractivity contribution in [2.24, 2.45) is 5.73 Å². The van der Waals surface area contributed by atoms with Crippen LogP contribution >= 0.6 is 0 Å². The van der Waals surface area contributed by atoms with E-state index in [1.807, 2.05) is 4.90 Å². The van der Waals surface area contributed by atoms with Gasteiger partial charge in [0.1, 0.15) is 12.4 Å². The smallest absolute Gasteiger partial charge is 0.421 e. The van der Waals surface area contributed by atoms with Crippen LogP contribution in [0.1, 0.15) is 66.9 Å². The Balaban J connectivity index is 1.52. The van der Waals surface area contributed by atoms with E-state index in [0.29, 0.717) is 32.6 Å². The topological polar surface area (TPSA) is 92.9 Å². The molecule has 2 saturated carbocycles. The predicted octanol–water partition coefficient (Wildman–Crippen LogP) is 5.18. The summed E-state index contributed by atoms with van der Waals surface area (Å²) in [5, 5.41) is 9.92. The molecule has 1 atom stereocenters. The van der Waals surface area contributed by atoms with Gasteiger partial charge in [0, 0.05) is 23.1 Å². The third-order valence-electron chi connectivity index (χ3n) is 7.67. The summed E-state index contributed by atoms with van der Waals surface area (Å²) in [6, 6.07) is 10.9. The number of hydrogen-bond acceptors (Lipinski definition) is 4. The van der Waals surface area contributed by atoms with E-state index in [2.05, 4.69) is 0 Å². The van der Waals surface area contributed by atoms with E-state index in [1.54, 1.807) is 12.1 Å². The molecule has 0 aliphatic heterocycles. The van der Waals surface area contributed by atoms with E-state index in [9.17, 15) is 32.3 Å². The lowest BCUT2D eigenvalue weighted by atomic mass is 9.68. The minimum Gasteiger partial charge on any atom is -0.449 e. The minimum atomic E-state index is -4.85. The van der Waals surface area contributed by atoms with Crippen LogP contribution < -0.4 is 5.73 Å². The van der Waals surface area contributed by atoms with E-state index in [0.717, 1.165) is 30.5 Å². The quantitative estimate of drug-likeness (QED) is 0.491. The van der Waals surface area contributed by atoms with Gasteiger partial charge in [0.05, 0.1) is 0 Å². The van der Waals surface area contributed by atoms with Gasteiger partial charge in [0.2, 0.25) is 0 Å². The highest BCUT2D eigenvalue weighted by Gasteiger charge is 2.51. The van der Waals surface area contributed by atoms with Gasteiger partial charge in [-0.05, 0) is 80.8 Å². The molecule has 2 aliphatic rings. The van der Waals surface area contributed by atoms with E-state index < -0.39 is 23.3 Å². The Hall–Kier alpha value is -3.14. The summed E-state index contributed by atoms with van der Waals surface area (Å²) in [4.78, 5) is 26.6. The fourth-order valence-electron chi connectivity index (χ4n) is 5.19. The van der Waals surface area contributed by atoms with Crippen LogP contribution in [-0.4, -0.2) is 46.9 Å². The molecule has 4 rings (SSSR count). The maximum atomic E-state index is 13.5. The van der Waals surface area contributed by atoms with Crippen LogP contribution in [0.25, 0.3) is 0 Å². The van der Waals surface area contributed by atoms with Gasteiger partial charge in [-0.15, -0.1) is 0 Å². The first-order valence-electron chi connectivity index (χ1n) is 12.2. The van der Waals surface area contributed by atoms with Crippen LogP contribution in [-0.2, 0) is 15.8 Å². The van der Waals surface area contributed by atoms with Gasteiger partial charge in [-0.1, -0.05) is 24.3 Å². The van der Waals surface area contributed by atoms with Gasteiger partial charge >= 0.3 is 12.3 Å². The predicted molar refractivity (Wildman–Crippen MR) is 127 cm³/mol.